The lowest BCUT2D eigenvalue weighted by atomic mass is 9.55. The summed E-state index contributed by atoms with van der Waals surface area (Å²) in [6, 6.07) is 6.75. The zero-order valence-corrected chi connectivity index (χ0v) is 14.4. The lowest BCUT2D eigenvalue weighted by Crippen LogP contribution is -2.42. The largest absolute Gasteiger partial charge is 0.494 e. The zero-order valence-electron chi connectivity index (χ0n) is 14.4. The number of carbonyl (C=O) groups is 1. The van der Waals surface area contributed by atoms with Crippen molar-refractivity contribution in [2.75, 3.05) is 6.61 Å². The molecule has 2 saturated carbocycles. The van der Waals surface area contributed by atoms with Crippen molar-refractivity contribution in [1.29, 1.82) is 0 Å². The fraction of sp³-hybridized carbons (Fsp3) is 0.667. The minimum Gasteiger partial charge on any atom is -0.494 e. The first-order valence-electron chi connectivity index (χ1n) is 9.42. The zero-order chi connectivity index (χ0) is 16.0. The Labute approximate surface area is 139 Å². The van der Waals surface area contributed by atoms with Crippen LogP contribution in [0.5, 0.6) is 5.75 Å². The van der Waals surface area contributed by atoms with E-state index in [4.69, 9.17) is 4.74 Å². The predicted molar refractivity (Wildman–Crippen MR) is 91.9 cm³/mol. The molecule has 3 aliphatic carbocycles. The van der Waals surface area contributed by atoms with E-state index in [0.29, 0.717) is 17.6 Å². The monoisotopic (exact) mass is 312 g/mol. The number of hydrogen-bond acceptors (Lipinski definition) is 2. The van der Waals surface area contributed by atoms with Crippen LogP contribution in [0.25, 0.3) is 0 Å². The molecule has 4 rings (SSSR count). The van der Waals surface area contributed by atoms with Crippen LogP contribution in [0.15, 0.2) is 18.2 Å². The summed E-state index contributed by atoms with van der Waals surface area (Å²) in [5.41, 5.74) is 3.03. The maximum atomic E-state index is 12.4. The fourth-order valence-corrected chi connectivity index (χ4v) is 5.64. The summed E-state index contributed by atoms with van der Waals surface area (Å²) in [7, 11) is 0. The Bertz CT molecular complexity index is 620. The number of rotatable bonds is 3. The van der Waals surface area contributed by atoms with Crippen molar-refractivity contribution in [2.45, 2.75) is 64.7 Å². The Morgan fingerprint density at radius 2 is 2.09 bits per heavy atom. The normalized spacial score (nSPS) is 35.4. The van der Waals surface area contributed by atoms with Gasteiger partial charge in [0.05, 0.1) is 6.61 Å². The number of ketones is 1. The summed E-state index contributed by atoms with van der Waals surface area (Å²) < 4.78 is 5.81. The second kappa shape index (κ2) is 5.65. The SMILES string of the molecule is CCCOc1ccc2c(c1)CCC1C2CC[C@]2(C)C(=O)CCC12. The number of Topliss-reactive ketones (excluding diaryl/α,β-unsaturated/α-hetero) is 1. The first-order chi connectivity index (χ1) is 11.1. The van der Waals surface area contributed by atoms with E-state index in [1.165, 1.54) is 18.4 Å². The summed E-state index contributed by atoms with van der Waals surface area (Å²) in [5, 5.41) is 0. The van der Waals surface area contributed by atoms with Gasteiger partial charge >= 0.3 is 0 Å². The number of benzene rings is 1. The van der Waals surface area contributed by atoms with Gasteiger partial charge in [-0.2, -0.15) is 0 Å². The summed E-state index contributed by atoms with van der Waals surface area (Å²) in [6.45, 7) is 5.19. The molecule has 124 valence electrons. The average Bonchev–Trinajstić information content (AvgIpc) is 2.88. The van der Waals surface area contributed by atoms with Gasteiger partial charge in [0.2, 0.25) is 0 Å². The van der Waals surface area contributed by atoms with Gasteiger partial charge in [-0.1, -0.05) is 19.9 Å². The van der Waals surface area contributed by atoms with Crippen LogP contribution >= 0.6 is 0 Å². The van der Waals surface area contributed by atoms with Gasteiger partial charge in [0, 0.05) is 11.8 Å². The highest BCUT2D eigenvalue weighted by Crippen LogP contribution is 2.59. The molecule has 4 atom stereocenters. The Balaban J connectivity index is 1.61. The van der Waals surface area contributed by atoms with Gasteiger partial charge in [0.15, 0.2) is 0 Å². The summed E-state index contributed by atoms with van der Waals surface area (Å²) >= 11 is 0. The van der Waals surface area contributed by atoms with E-state index in [9.17, 15) is 4.79 Å². The molecule has 2 nitrogen and oxygen atoms in total. The molecule has 0 spiro atoms. The Morgan fingerprint density at radius 3 is 2.91 bits per heavy atom. The molecule has 3 unspecified atom stereocenters. The van der Waals surface area contributed by atoms with Gasteiger partial charge in [0.1, 0.15) is 11.5 Å². The van der Waals surface area contributed by atoms with Gasteiger partial charge in [-0.15, -0.1) is 0 Å². The quantitative estimate of drug-likeness (QED) is 0.793. The molecule has 23 heavy (non-hydrogen) atoms. The minimum atomic E-state index is -0.0111. The van der Waals surface area contributed by atoms with E-state index in [2.05, 4.69) is 32.0 Å². The van der Waals surface area contributed by atoms with E-state index in [0.717, 1.165) is 50.4 Å². The molecule has 0 saturated heterocycles. The second-order valence-electron chi connectivity index (χ2n) is 8.04. The third-order valence-corrected chi connectivity index (χ3v) is 6.88. The topological polar surface area (TPSA) is 26.3 Å². The number of fused-ring (bicyclic) bond motifs is 5. The van der Waals surface area contributed by atoms with Gasteiger partial charge in [0.25, 0.3) is 0 Å². The van der Waals surface area contributed by atoms with Crippen LogP contribution in [0.4, 0.5) is 0 Å². The van der Waals surface area contributed by atoms with Crippen LogP contribution in [0.3, 0.4) is 0 Å². The fourth-order valence-electron chi connectivity index (χ4n) is 5.64. The standard InChI is InChI=1S/C21H28O2/c1-3-12-23-15-5-7-16-14(13-15)4-6-18-17(16)10-11-21(2)19(18)8-9-20(21)22/h5,7,13,17-19H,3-4,6,8-12H2,1-2H3/t17?,18?,19?,21-/m0/s1. The highest BCUT2D eigenvalue weighted by atomic mass is 16.5. The number of ether oxygens (including phenoxy) is 1. The smallest absolute Gasteiger partial charge is 0.139 e. The summed E-state index contributed by atoms with van der Waals surface area (Å²) in [5.74, 6) is 3.58. The Hall–Kier alpha value is -1.31. The second-order valence-corrected chi connectivity index (χ2v) is 8.04. The third kappa shape index (κ3) is 2.33. The third-order valence-electron chi connectivity index (χ3n) is 6.88. The van der Waals surface area contributed by atoms with Crippen molar-refractivity contribution in [3.8, 4) is 5.75 Å². The number of hydrogen-bond donors (Lipinski definition) is 0. The molecule has 0 bridgehead atoms. The molecule has 0 heterocycles. The van der Waals surface area contributed by atoms with Crippen molar-refractivity contribution >= 4 is 5.78 Å². The molecule has 2 heteroatoms. The van der Waals surface area contributed by atoms with E-state index in [1.54, 1.807) is 5.56 Å². The molecule has 0 N–H and O–H groups in total. The molecule has 1 aromatic rings. The Morgan fingerprint density at radius 1 is 1.22 bits per heavy atom. The molecule has 2 fully saturated rings. The van der Waals surface area contributed by atoms with Gasteiger partial charge in [-0.3, -0.25) is 4.79 Å². The molecule has 1 aromatic carbocycles. The molecular formula is C21H28O2. The molecule has 0 aromatic heterocycles. The van der Waals surface area contributed by atoms with E-state index in [-0.39, 0.29) is 5.41 Å². The molecule has 0 amide bonds. The lowest BCUT2D eigenvalue weighted by Gasteiger charge is -2.48. The lowest BCUT2D eigenvalue weighted by molar-refractivity contribution is -0.129. The Kier molecular flexibility index (Phi) is 3.74. The first-order valence-corrected chi connectivity index (χ1v) is 9.42. The van der Waals surface area contributed by atoms with E-state index in [1.807, 2.05) is 0 Å². The number of aryl methyl sites for hydroxylation is 1. The summed E-state index contributed by atoms with van der Waals surface area (Å²) in [6.07, 6.45) is 7.68. The van der Waals surface area contributed by atoms with Gasteiger partial charge in [-0.05, 0) is 79.5 Å². The maximum Gasteiger partial charge on any atom is 0.139 e. The molecular weight excluding hydrogens is 284 g/mol. The van der Waals surface area contributed by atoms with Crippen LogP contribution in [0.1, 0.15) is 69.4 Å². The molecule has 3 aliphatic rings. The van der Waals surface area contributed by atoms with E-state index < -0.39 is 0 Å². The van der Waals surface area contributed by atoms with Crippen molar-refractivity contribution in [1.82, 2.24) is 0 Å². The van der Waals surface area contributed by atoms with Crippen molar-refractivity contribution < 1.29 is 9.53 Å². The van der Waals surface area contributed by atoms with Gasteiger partial charge < -0.3 is 4.74 Å². The molecule has 0 radical (unpaired) electrons. The minimum absolute atomic E-state index is 0.0111. The van der Waals surface area contributed by atoms with Crippen LogP contribution in [-0.2, 0) is 11.2 Å². The number of carbonyl (C=O) groups excluding carboxylic acids is 1. The van der Waals surface area contributed by atoms with Crippen molar-refractivity contribution in [2.24, 2.45) is 17.3 Å². The molecule has 0 aliphatic heterocycles. The average molecular weight is 312 g/mol. The van der Waals surface area contributed by atoms with E-state index >= 15 is 0 Å². The van der Waals surface area contributed by atoms with Crippen LogP contribution < -0.4 is 4.74 Å². The first kappa shape index (κ1) is 15.2. The predicted octanol–water partition coefficient (Wildman–Crippen LogP) is 4.90. The van der Waals surface area contributed by atoms with Crippen LogP contribution in [-0.4, -0.2) is 12.4 Å². The van der Waals surface area contributed by atoms with Crippen molar-refractivity contribution in [3.05, 3.63) is 29.3 Å². The van der Waals surface area contributed by atoms with Gasteiger partial charge in [-0.25, -0.2) is 0 Å². The van der Waals surface area contributed by atoms with Crippen LogP contribution in [0, 0.1) is 17.3 Å². The van der Waals surface area contributed by atoms with Crippen LogP contribution in [0.2, 0.25) is 0 Å². The van der Waals surface area contributed by atoms with Crippen molar-refractivity contribution in [3.63, 3.8) is 0 Å². The summed E-state index contributed by atoms with van der Waals surface area (Å²) in [4.78, 5) is 12.4. The highest BCUT2D eigenvalue weighted by Gasteiger charge is 2.54. The maximum absolute atomic E-state index is 12.4. The highest BCUT2D eigenvalue weighted by molar-refractivity contribution is 5.87.